The van der Waals surface area contributed by atoms with Crippen LogP contribution in [0.3, 0.4) is 0 Å². The Morgan fingerprint density at radius 2 is 2.38 bits per heavy atom. The van der Waals surface area contributed by atoms with E-state index in [-0.39, 0.29) is 0 Å². The lowest BCUT2D eigenvalue weighted by atomic mass is 9.97. The van der Waals surface area contributed by atoms with E-state index in [2.05, 4.69) is 16.6 Å². The number of amides is 2. The van der Waals surface area contributed by atoms with E-state index < -0.39 is 6.03 Å². The van der Waals surface area contributed by atoms with Gasteiger partial charge < -0.3 is 5.73 Å². The normalized spacial score (nSPS) is 17.9. The minimum absolute atomic E-state index is 0.615. The molecule has 4 heteroatoms. The van der Waals surface area contributed by atoms with E-state index in [0.717, 1.165) is 18.6 Å². The van der Waals surface area contributed by atoms with Gasteiger partial charge in [0.25, 0.3) is 0 Å². The van der Waals surface area contributed by atoms with Crippen LogP contribution in [0.15, 0.2) is 16.8 Å². The maximum Gasteiger partial charge on any atom is 0.332 e. The van der Waals surface area contributed by atoms with Crippen molar-refractivity contribution >= 4 is 11.7 Å². The Morgan fingerprint density at radius 3 is 2.92 bits per heavy atom. The molecule has 0 fully saturated rings. The Kier molecular flexibility index (Phi) is 3.49. The van der Waals surface area contributed by atoms with Gasteiger partial charge in [0.1, 0.15) is 0 Å². The second-order valence-electron chi connectivity index (χ2n) is 3.15. The van der Waals surface area contributed by atoms with Crippen molar-refractivity contribution in [2.45, 2.75) is 32.6 Å². The van der Waals surface area contributed by atoms with E-state index in [1.165, 1.54) is 18.4 Å². The van der Waals surface area contributed by atoms with Crippen LogP contribution < -0.4 is 11.2 Å². The van der Waals surface area contributed by atoms with Crippen molar-refractivity contribution in [1.82, 2.24) is 5.43 Å². The lowest BCUT2D eigenvalue weighted by Crippen LogP contribution is -2.25. The van der Waals surface area contributed by atoms with Gasteiger partial charge in [0.05, 0.1) is 5.71 Å². The fraction of sp³-hybridized carbons (Fsp3) is 0.556. The molecule has 0 bridgehead atoms. The summed E-state index contributed by atoms with van der Waals surface area (Å²) in [6.07, 6.45) is 6.79. The van der Waals surface area contributed by atoms with Gasteiger partial charge in [-0.05, 0) is 38.2 Å². The number of urea groups is 1. The Labute approximate surface area is 77.9 Å². The molecule has 1 rings (SSSR count). The van der Waals surface area contributed by atoms with Crippen LogP contribution in [0, 0.1) is 0 Å². The van der Waals surface area contributed by atoms with Crippen LogP contribution in [0.2, 0.25) is 0 Å². The summed E-state index contributed by atoms with van der Waals surface area (Å²) in [6, 6.07) is -0.615. The Hall–Kier alpha value is -1.32. The zero-order valence-corrected chi connectivity index (χ0v) is 7.84. The quantitative estimate of drug-likeness (QED) is 0.492. The van der Waals surface area contributed by atoms with Crippen molar-refractivity contribution in [3.63, 3.8) is 0 Å². The molecule has 13 heavy (non-hydrogen) atoms. The van der Waals surface area contributed by atoms with Crippen LogP contribution in [0.25, 0.3) is 0 Å². The first-order valence-corrected chi connectivity index (χ1v) is 4.49. The average Bonchev–Trinajstić information content (AvgIpc) is 2.15. The van der Waals surface area contributed by atoms with Gasteiger partial charge in [-0.3, -0.25) is 0 Å². The average molecular weight is 181 g/mol. The molecule has 0 saturated carbocycles. The monoisotopic (exact) mass is 181 g/mol. The number of hydrogen-bond acceptors (Lipinski definition) is 2. The van der Waals surface area contributed by atoms with Gasteiger partial charge in [0, 0.05) is 0 Å². The highest BCUT2D eigenvalue weighted by Gasteiger charge is 2.06. The van der Waals surface area contributed by atoms with Crippen LogP contribution in [0.1, 0.15) is 32.6 Å². The van der Waals surface area contributed by atoms with E-state index in [0.29, 0.717) is 0 Å². The molecule has 0 aromatic carbocycles. The zero-order valence-electron chi connectivity index (χ0n) is 7.84. The van der Waals surface area contributed by atoms with Gasteiger partial charge in [0.15, 0.2) is 0 Å². The van der Waals surface area contributed by atoms with Crippen LogP contribution in [0.4, 0.5) is 4.79 Å². The van der Waals surface area contributed by atoms with Crippen LogP contribution in [0.5, 0.6) is 0 Å². The van der Waals surface area contributed by atoms with E-state index in [9.17, 15) is 4.79 Å². The Morgan fingerprint density at radius 1 is 1.62 bits per heavy atom. The summed E-state index contributed by atoms with van der Waals surface area (Å²) < 4.78 is 0. The molecule has 0 radical (unpaired) electrons. The van der Waals surface area contributed by atoms with Gasteiger partial charge in [-0.2, -0.15) is 5.10 Å². The van der Waals surface area contributed by atoms with Crippen molar-refractivity contribution in [3.05, 3.63) is 11.6 Å². The predicted molar refractivity (Wildman–Crippen MR) is 52.4 cm³/mol. The maximum absolute atomic E-state index is 10.4. The van der Waals surface area contributed by atoms with Crippen LogP contribution in [-0.4, -0.2) is 11.7 Å². The summed E-state index contributed by atoms with van der Waals surface area (Å²) in [5.74, 6) is 0. The topological polar surface area (TPSA) is 67.5 Å². The third-order valence-corrected chi connectivity index (χ3v) is 2.09. The number of carbonyl (C=O) groups excluding carboxylic acids is 1. The predicted octanol–water partition coefficient (Wildman–Crippen LogP) is 1.53. The summed E-state index contributed by atoms with van der Waals surface area (Å²) >= 11 is 0. The largest absolute Gasteiger partial charge is 0.350 e. The molecule has 0 saturated heterocycles. The minimum Gasteiger partial charge on any atom is -0.350 e. The second-order valence-corrected chi connectivity index (χ2v) is 3.15. The van der Waals surface area contributed by atoms with E-state index in [4.69, 9.17) is 5.73 Å². The summed E-state index contributed by atoms with van der Waals surface area (Å²) in [6.45, 7) is 1.88. The number of hydrazone groups is 1. The van der Waals surface area contributed by atoms with E-state index in [1.54, 1.807) is 0 Å². The van der Waals surface area contributed by atoms with Gasteiger partial charge >= 0.3 is 6.03 Å². The van der Waals surface area contributed by atoms with Gasteiger partial charge in [-0.1, -0.05) is 6.08 Å². The Balaban J connectivity index is 2.54. The van der Waals surface area contributed by atoms with Crippen molar-refractivity contribution < 1.29 is 4.79 Å². The van der Waals surface area contributed by atoms with Crippen LogP contribution in [-0.2, 0) is 0 Å². The van der Waals surface area contributed by atoms with E-state index >= 15 is 0 Å². The molecular formula is C9H15N3O. The zero-order chi connectivity index (χ0) is 9.68. The number of carbonyl (C=O) groups is 1. The number of nitrogens with one attached hydrogen (secondary N) is 1. The first-order valence-electron chi connectivity index (χ1n) is 4.49. The maximum atomic E-state index is 10.4. The highest BCUT2D eigenvalue weighted by atomic mass is 16.2. The molecule has 1 aliphatic rings. The van der Waals surface area contributed by atoms with Crippen molar-refractivity contribution in [1.29, 1.82) is 0 Å². The molecular weight excluding hydrogens is 166 g/mol. The lowest BCUT2D eigenvalue weighted by Gasteiger charge is -2.11. The van der Waals surface area contributed by atoms with Crippen LogP contribution >= 0.6 is 0 Å². The molecule has 4 nitrogen and oxygen atoms in total. The van der Waals surface area contributed by atoms with Gasteiger partial charge in [-0.15, -0.1) is 0 Å². The third-order valence-electron chi connectivity index (χ3n) is 2.09. The first-order chi connectivity index (χ1) is 6.20. The number of nitrogens with two attached hydrogens (primary N) is 1. The first kappa shape index (κ1) is 9.77. The van der Waals surface area contributed by atoms with Crippen molar-refractivity contribution in [2.24, 2.45) is 10.8 Å². The van der Waals surface area contributed by atoms with E-state index in [1.807, 2.05) is 6.92 Å². The van der Waals surface area contributed by atoms with Gasteiger partial charge in [-0.25, -0.2) is 10.2 Å². The lowest BCUT2D eigenvalue weighted by molar-refractivity contribution is 0.249. The molecule has 0 atom stereocenters. The smallest absolute Gasteiger partial charge is 0.332 e. The minimum atomic E-state index is -0.615. The second kappa shape index (κ2) is 4.64. The highest BCUT2D eigenvalue weighted by Crippen LogP contribution is 2.18. The molecule has 0 aliphatic heterocycles. The molecule has 1 aliphatic carbocycles. The third kappa shape index (κ3) is 3.27. The number of allylic oxidation sites excluding steroid dienone is 2. The summed E-state index contributed by atoms with van der Waals surface area (Å²) in [7, 11) is 0. The fourth-order valence-electron chi connectivity index (χ4n) is 1.38. The number of hydrogen-bond donors (Lipinski definition) is 2. The number of nitrogens with zero attached hydrogens (tertiary/aromatic N) is 1. The molecule has 0 aromatic heterocycles. The van der Waals surface area contributed by atoms with Crippen molar-refractivity contribution in [3.8, 4) is 0 Å². The van der Waals surface area contributed by atoms with Gasteiger partial charge in [0.2, 0.25) is 0 Å². The fourth-order valence-corrected chi connectivity index (χ4v) is 1.38. The molecule has 3 N–H and O–H groups in total. The standard InChI is InChI=1S/C9H15N3O/c1-7(11-12-9(10)13)8-5-3-2-4-6-8/h5H,2-4,6H2,1H3,(H3,10,12,13). The molecule has 72 valence electrons. The number of rotatable bonds is 2. The number of primary amides is 1. The SMILES string of the molecule is CC(=NNC(N)=O)C1=CCCCC1. The van der Waals surface area contributed by atoms with Crippen molar-refractivity contribution in [2.75, 3.05) is 0 Å². The molecule has 2 amide bonds. The Bertz CT molecular complexity index is 256. The summed E-state index contributed by atoms with van der Waals surface area (Å²) in [5.41, 5.74) is 9.20. The molecule has 0 aromatic rings. The summed E-state index contributed by atoms with van der Waals surface area (Å²) in [4.78, 5) is 10.4. The molecule has 0 unspecified atom stereocenters. The molecule has 0 spiro atoms. The molecule has 0 heterocycles. The highest BCUT2D eigenvalue weighted by molar-refractivity contribution is 5.98. The summed E-state index contributed by atoms with van der Waals surface area (Å²) in [5, 5.41) is 3.87.